The number of hydrogen-bond donors (Lipinski definition) is 0. The van der Waals surface area contributed by atoms with E-state index in [-0.39, 0.29) is 0 Å². The third-order valence-corrected chi connectivity index (χ3v) is 6.71. The van der Waals surface area contributed by atoms with Crippen LogP contribution < -0.4 is 0 Å². The average molecular weight is 506 g/mol. The normalized spacial score (nSPS) is 10.3. The molecule has 0 aromatic rings. The van der Waals surface area contributed by atoms with Crippen LogP contribution in [0.4, 0.5) is 0 Å². The molecule has 0 aliphatic carbocycles. The van der Waals surface area contributed by atoms with Gasteiger partial charge in [0.05, 0.1) is 0 Å². The van der Waals surface area contributed by atoms with Crippen molar-refractivity contribution in [3.63, 3.8) is 0 Å². The molecule has 0 spiro atoms. The van der Waals surface area contributed by atoms with E-state index in [1.807, 2.05) is 0 Å². The van der Waals surface area contributed by atoms with Crippen LogP contribution in [0.3, 0.4) is 0 Å². The van der Waals surface area contributed by atoms with Gasteiger partial charge in [0.2, 0.25) is 0 Å². The van der Waals surface area contributed by atoms with Crippen molar-refractivity contribution in [2.45, 2.75) is 104 Å². The van der Waals surface area contributed by atoms with Gasteiger partial charge in [-0.15, -0.1) is 0 Å². The molecule has 0 saturated heterocycles. The Balaban J connectivity index is -0.000000107. The third kappa shape index (κ3) is 38.5. The molecule has 35 heavy (non-hydrogen) atoms. The Bertz CT molecular complexity index is 198. The molecule has 0 rings (SSSR count). The van der Waals surface area contributed by atoms with Gasteiger partial charge in [0.1, 0.15) is 0 Å². The largest absolute Gasteiger partial charge is 0.304 e. The first-order valence-electron chi connectivity index (χ1n) is 15.4. The summed E-state index contributed by atoms with van der Waals surface area (Å²) < 4.78 is 0. The first-order valence-corrected chi connectivity index (χ1v) is 15.4. The van der Waals surface area contributed by atoms with Crippen molar-refractivity contribution < 1.29 is 0 Å². The van der Waals surface area contributed by atoms with Crippen LogP contribution in [0.15, 0.2) is 0 Å². The summed E-state index contributed by atoms with van der Waals surface area (Å²) in [5, 5.41) is 0. The molecule has 0 heterocycles. The van der Waals surface area contributed by atoms with E-state index in [2.05, 4.69) is 128 Å². The number of hydrogen-bond acceptors (Lipinski definition) is 5. The molecule has 0 aromatic heterocycles. The third-order valence-electron chi connectivity index (χ3n) is 6.71. The van der Waals surface area contributed by atoms with E-state index in [9.17, 15) is 0 Å². The SMILES string of the molecule is CCN(CC)CC.CCN(CC)CC.CCN(CC)CC.CCN(CC)CC.CCN(CC)CC. The Morgan fingerprint density at radius 3 is 0.229 bits per heavy atom. The summed E-state index contributed by atoms with van der Waals surface area (Å²) in [5.74, 6) is 0. The topological polar surface area (TPSA) is 16.2 Å². The van der Waals surface area contributed by atoms with Crippen LogP contribution >= 0.6 is 0 Å². The van der Waals surface area contributed by atoms with Gasteiger partial charge in [0.15, 0.2) is 0 Å². The summed E-state index contributed by atoms with van der Waals surface area (Å²) in [7, 11) is 0. The zero-order chi connectivity index (χ0) is 28.5. The van der Waals surface area contributed by atoms with Crippen molar-refractivity contribution in [3.05, 3.63) is 0 Å². The molecule has 0 aromatic carbocycles. The van der Waals surface area contributed by atoms with Crippen LogP contribution in [0.5, 0.6) is 0 Å². The minimum atomic E-state index is 1.19. The van der Waals surface area contributed by atoms with Gasteiger partial charge in [-0.1, -0.05) is 104 Å². The highest BCUT2D eigenvalue weighted by Gasteiger charge is 1.91. The van der Waals surface area contributed by atoms with Crippen molar-refractivity contribution in [1.82, 2.24) is 24.5 Å². The van der Waals surface area contributed by atoms with Crippen LogP contribution in [0.25, 0.3) is 0 Å². The fourth-order valence-corrected chi connectivity index (χ4v) is 3.35. The summed E-state index contributed by atoms with van der Waals surface area (Å²) >= 11 is 0. The quantitative estimate of drug-likeness (QED) is 0.244. The Morgan fingerprint density at radius 2 is 0.229 bits per heavy atom. The van der Waals surface area contributed by atoms with Gasteiger partial charge in [-0.2, -0.15) is 0 Å². The summed E-state index contributed by atoms with van der Waals surface area (Å²) in [4.78, 5) is 11.9. The molecule has 0 aliphatic rings. The van der Waals surface area contributed by atoms with Gasteiger partial charge < -0.3 is 24.5 Å². The van der Waals surface area contributed by atoms with Gasteiger partial charge in [-0.05, 0) is 98.2 Å². The Hall–Kier alpha value is -0.200. The first-order chi connectivity index (χ1) is 16.7. The van der Waals surface area contributed by atoms with Gasteiger partial charge in [0, 0.05) is 0 Å². The van der Waals surface area contributed by atoms with E-state index in [0.717, 1.165) is 0 Å². The second-order valence-electron chi connectivity index (χ2n) is 8.10. The summed E-state index contributed by atoms with van der Waals surface area (Å²) in [6.45, 7) is 50.6. The van der Waals surface area contributed by atoms with Gasteiger partial charge >= 0.3 is 0 Å². The van der Waals surface area contributed by atoms with Crippen molar-refractivity contribution in [2.24, 2.45) is 0 Å². The Morgan fingerprint density at radius 1 is 0.171 bits per heavy atom. The summed E-state index contributed by atoms with van der Waals surface area (Å²) in [6, 6.07) is 0. The predicted octanol–water partition coefficient (Wildman–Crippen LogP) is 6.74. The highest BCUT2D eigenvalue weighted by Crippen LogP contribution is 1.84. The number of rotatable bonds is 15. The lowest BCUT2D eigenvalue weighted by Gasteiger charge is -2.13. The molecule has 5 nitrogen and oxygen atoms in total. The molecule has 0 radical (unpaired) electrons. The van der Waals surface area contributed by atoms with Crippen molar-refractivity contribution >= 4 is 0 Å². The molecule has 0 amide bonds. The lowest BCUT2D eigenvalue weighted by molar-refractivity contribution is 0.321. The lowest BCUT2D eigenvalue weighted by atomic mass is 10.5. The molecular weight excluding hydrogens is 430 g/mol. The minimum Gasteiger partial charge on any atom is -0.304 e. The maximum absolute atomic E-state index is 2.38. The summed E-state index contributed by atoms with van der Waals surface area (Å²) in [6.07, 6.45) is 0. The second kappa shape index (κ2) is 40.9. The zero-order valence-corrected chi connectivity index (χ0v) is 27.8. The molecular formula is C30H75N5. The molecule has 0 saturated carbocycles. The van der Waals surface area contributed by atoms with Crippen molar-refractivity contribution in [1.29, 1.82) is 0 Å². The smallest absolute Gasteiger partial charge is 0.00474 e. The van der Waals surface area contributed by atoms with Crippen LogP contribution in [0.1, 0.15) is 104 Å². The lowest BCUT2D eigenvalue weighted by Crippen LogP contribution is -2.21. The molecule has 0 fully saturated rings. The minimum absolute atomic E-state index is 1.19. The predicted molar refractivity (Wildman–Crippen MR) is 167 cm³/mol. The second-order valence-corrected chi connectivity index (χ2v) is 8.10. The van der Waals surface area contributed by atoms with Crippen LogP contribution in [0.2, 0.25) is 0 Å². The monoisotopic (exact) mass is 506 g/mol. The molecule has 0 unspecified atom stereocenters. The van der Waals surface area contributed by atoms with E-state index < -0.39 is 0 Å². The highest BCUT2D eigenvalue weighted by molar-refractivity contribution is 4.46. The molecule has 0 N–H and O–H groups in total. The maximum atomic E-state index is 2.38. The van der Waals surface area contributed by atoms with E-state index in [1.165, 1.54) is 98.2 Å². The van der Waals surface area contributed by atoms with Crippen molar-refractivity contribution in [3.8, 4) is 0 Å². The Kier molecular flexibility index (Phi) is 52.4. The molecule has 0 aliphatic heterocycles. The first kappa shape index (κ1) is 44.8. The standard InChI is InChI=1S/5C6H15N/c5*1-4-7(5-2)6-3/h5*4-6H2,1-3H3. The zero-order valence-electron chi connectivity index (χ0n) is 27.8. The number of nitrogens with zero attached hydrogens (tertiary/aromatic N) is 5. The van der Waals surface area contributed by atoms with E-state index in [0.29, 0.717) is 0 Å². The molecule has 0 atom stereocenters. The molecule has 220 valence electrons. The molecule has 0 bridgehead atoms. The van der Waals surface area contributed by atoms with Crippen molar-refractivity contribution in [2.75, 3.05) is 98.2 Å². The Labute approximate surface area is 226 Å². The van der Waals surface area contributed by atoms with Crippen LogP contribution in [0, 0.1) is 0 Å². The fraction of sp³-hybridized carbons (Fsp3) is 1.00. The highest BCUT2D eigenvalue weighted by atomic mass is 15.1. The van der Waals surface area contributed by atoms with E-state index in [4.69, 9.17) is 0 Å². The average Bonchev–Trinajstić information content (AvgIpc) is 2.91. The molecule has 5 heteroatoms. The van der Waals surface area contributed by atoms with Gasteiger partial charge in [-0.3, -0.25) is 0 Å². The van der Waals surface area contributed by atoms with Gasteiger partial charge in [0.25, 0.3) is 0 Å². The van der Waals surface area contributed by atoms with E-state index in [1.54, 1.807) is 0 Å². The van der Waals surface area contributed by atoms with Crippen LogP contribution in [-0.2, 0) is 0 Å². The fourth-order valence-electron chi connectivity index (χ4n) is 3.35. The van der Waals surface area contributed by atoms with E-state index >= 15 is 0 Å². The van der Waals surface area contributed by atoms with Crippen LogP contribution in [-0.4, -0.2) is 123 Å². The maximum Gasteiger partial charge on any atom is -0.00474 e. The summed E-state index contributed by atoms with van der Waals surface area (Å²) in [5.41, 5.74) is 0. The van der Waals surface area contributed by atoms with Gasteiger partial charge in [-0.25, -0.2) is 0 Å².